The van der Waals surface area contributed by atoms with Crippen LogP contribution in [0.3, 0.4) is 0 Å². The van der Waals surface area contributed by atoms with E-state index in [0.717, 1.165) is 6.42 Å². The Bertz CT molecular complexity index is 1250. The Morgan fingerprint density at radius 1 is 1.38 bits per heavy atom. The summed E-state index contributed by atoms with van der Waals surface area (Å²) >= 11 is 7.88. The van der Waals surface area contributed by atoms with Gasteiger partial charge in [0.05, 0.1) is 25.9 Å². The molecule has 1 aromatic heterocycles. The lowest BCUT2D eigenvalue weighted by Crippen LogP contribution is -2.55. The number of ether oxygens (including phenoxy) is 2. The van der Waals surface area contributed by atoms with Gasteiger partial charge in [-0.15, -0.1) is 11.3 Å². The molecule has 0 radical (unpaired) electrons. The highest BCUT2D eigenvalue weighted by Crippen LogP contribution is 2.37. The number of aliphatic imine (C=N–C) groups is 1. The fourth-order valence-electron chi connectivity index (χ4n) is 5.01. The molecule has 210 valence electrons. The van der Waals surface area contributed by atoms with Crippen molar-refractivity contribution < 1.29 is 23.5 Å². The summed E-state index contributed by atoms with van der Waals surface area (Å²) in [5.41, 5.74) is 1.37. The minimum Gasteiger partial charge on any atom is -0.466 e. The molecule has 1 saturated heterocycles. The van der Waals surface area contributed by atoms with Gasteiger partial charge in [-0.05, 0) is 31.9 Å². The van der Waals surface area contributed by atoms with Crippen molar-refractivity contribution in [3.8, 4) is 0 Å². The zero-order valence-electron chi connectivity index (χ0n) is 22.4. The second kappa shape index (κ2) is 13.0. The lowest BCUT2D eigenvalue weighted by molar-refractivity contribution is -0.136. The highest BCUT2D eigenvalue weighted by molar-refractivity contribution is 7.11. The molecule has 2 N–H and O–H groups in total. The van der Waals surface area contributed by atoms with Gasteiger partial charge in [0.1, 0.15) is 11.9 Å². The van der Waals surface area contributed by atoms with Crippen molar-refractivity contribution in [1.29, 1.82) is 0 Å². The second-order valence-corrected chi connectivity index (χ2v) is 10.9. The summed E-state index contributed by atoms with van der Waals surface area (Å²) in [7, 11) is 1.32. The van der Waals surface area contributed by atoms with Gasteiger partial charge in [0.2, 0.25) is 5.91 Å². The number of hydrogen-bond donors (Lipinski definition) is 2. The molecule has 3 unspecified atom stereocenters. The van der Waals surface area contributed by atoms with E-state index in [2.05, 4.69) is 27.4 Å². The van der Waals surface area contributed by atoms with Crippen molar-refractivity contribution in [3.05, 3.63) is 62.5 Å². The number of halogens is 2. The third-order valence-corrected chi connectivity index (χ3v) is 8.03. The first kappa shape index (κ1) is 29.1. The van der Waals surface area contributed by atoms with Gasteiger partial charge in [-0.3, -0.25) is 14.7 Å². The Morgan fingerprint density at radius 3 is 2.82 bits per heavy atom. The van der Waals surface area contributed by atoms with Crippen LogP contribution in [0.4, 0.5) is 4.39 Å². The second-order valence-electron chi connectivity index (χ2n) is 9.65. The maximum Gasteiger partial charge on any atom is 0.338 e. The number of aromatic nitrogens is 1. The summed E-state index contributed by atoms with van der Waals surface area (Å²) in [4.78, 5) is 36.5. The van der Waals surface area contributed by atoms with Crippen LogP contribution in [0.5, 0.6) is 0 Å². The third kappa shape index (κ3) is 6.84. The Labute approximate surface area is 236 Å². The lowest BCUT2D eigenvalue weighted by atomic mass is 9.94. The molecule has 4 rings (SSSR count). The van der Waals surface area contributed by atoms with Crippen molar-refractivity contribution >= 4 is 40.6 Å². The molecular weight excluding hydrogens is 545 g/mol. The van der Waals surface area contributed by atoms with Crippen molar-refractivity contribution in [2.24, 2.45) is 4.99 Å². The van der Waals surface area contributed by atoms with E-state index < -0.39 is 17.8 Å². The SMILES string of the molecule is CCC(CC1COCC(C)N1CC1=C(C(=O)OC)[C@H](c2ccc(F)cc2Cl)N=C(c2nccs2)N1)NC(C)=O. The van der Waals surface area contributed by atoms with Gasteiger partial charge in [-0.1, -0.05) is 24.6 Å². The molecule has 1 fully saturated rings. The minimum atomic E-state index is -0.835. The zero-order valence-corrected chi connectivity index (χ0v) is 23.9. The first-order valence-corrected chi connectivity index (χ1v) is 14.1. The van der Waals surface area contributed by atoms with Crippen LogP contribution in [0.25, 0.3) is 0 Å². The van der Waals surface area contributed by atoms with Crippen LogP contribution in [0.2, 0.25) is 5.02 Å². The number of nitrogens with one attached hydrogen (secondary N) is 2. The first-order valence-electron chi connectivity index (χ1n) is 12.8. The number of amides is 1. The number of rotatable bonds is 9. The minimum absolute atomic E-state index is 0.0181. The number of esters is 1. The Balaban J connectivity index is 1.77. The number of methoxy groups -OCH3 is 1. The van der Waals surface area contributed by atoms with E-state index in [9.17, 15) is 14.0 Å². The van der Waals surface area contributed by atoms with Crippen LogP contribution in [0.15, 0.2) is 46.0 Å². The molecule has 0 bridgehead atoms. The van der Waals surface area contributed by atoms with Gasteiger partial charge < -0.3 is 20.1 Å². The lowest BCUT2D eigenvalue weighted by Gasteiger charge is -2.43. The quantitative estimate of drug-likeness (QED) is 0.436. The van der Waals surface area contributed by atoms with Gasteiger partial charge in [-0.2, -0.15) is 0 Å². The van der Waals surface area contributed by atoms with E-state index in [1.165, 1.54) is 43.6 Å². The fraction of sp³-hybridized carbons (Fsp3) is 0.481. The van der Waals surface area contributed by atoms with Crippen molar-refractivity contribution in [2.75, 3.05) is 26.9 Å². The summed E-state index contributed by atoms with van der Waals surface area (Å²) in [6.07, 6.45) is 3.14. The summed E-state index contributed by atoms with van der Waals surface area (Å²) in [5.74, 6) is -0.640. The molecule has 4 atom stereocenters. The highest BCUT2D eigenvalue weighted by Gasteiger charge is 2.37. The zero-order chi connectivity index (χ0) is 28.1. The van der Waals surface area contributed by atoms with Crippen LogP contribution in [0, 0.1) is 5.82 Å². The van der Waals surface area contributed by atoms with Crippen molar-refractivity contribution in [2.45, 2.75) is 57.8 Å². The maximum atomic E-state index is 13.9. The first-order chi connectivity index (χ1) is 18.7. The van der Waals surface area contributed by atoms with Crippen molar-refractivity contribution in [1.82, 2.24) is 20.5 Å². The van der Waals surface area contributed by atoms with E-state index in [1.54, 1.807) is 6.20 Å². The smallest absolute Gasteiger partial charge is 0.338 e. The Kier molecular flexibility index (Phi) is 9.71. The molecule has 9 nitrogen and oxygen atoms in total. The summed E-state index contributed by atoms with van der Waals surface area (Å²) in [5, 5.41) is 9.01. The van der Waals surface area contributed by atoms with Gasteiger partial charge >= 0.3 is 5.97 Å². The molecule has 12 heteroatoms. The average molecular weight is 578 g/mol. The van der Waals surface area contributed by atoms with E-state index >= 15 is 0 Å². The van der Waals surface area contributed by atoms with Crippen LogP contribution in [-0.4, -0.2) is 72.6 Å². The van der Waals surface area contributed by atoms with Gasteiger partial charge in [0.25, 0.3) is 0 Å². The van der Waals surface area contributed by atoms with Crippen molar-refractivity contribution in [3.63, 3.8) is 0 Å². The van der Waals surface area contributed by atoms with E-state index in [1.807, 2.05) is 12.3 Å². The van der Waals surface area contributed by atoms with E-state index in [0.29, 0.717) is 48.3 Å². The molecule has 2 aromatic rings. The fourth-order valence-corrected chi connectivity index (χ4v) is 5.87. The van der Waals surface area contributed by atoms with E-state index in [4.69, 9.17) is 26.1 Å². The molecule has 0 spiro atoms. The molecule has 2 aliphatic heterocycles. The molecule has 1 aromatic carbocycles. The van der Waals surface area contributed by atoms with Crippen LogP contribution in [-0.2, 0) is 19.1 Å². The van der Waals surface area contributed by atoms with E-state index in [-0.39, 0.29) is 34.6 Å². The number of hydrogen-bond acceptors (Lipinski definition) is 9. The number of morpholine rings is 1. The number of carbonyl (C=O) groups is 2. The average Bonchev–Trinajstić information content (AvgIpc) is 3.44. The Hall–Kier alpha value is -2.86. The maximum absolute atomic E-state index is 13.9. The number of amidine groups is 1. The molecule has 3 heterocycles. The predicted octanol–water partition coefficient (Wildman–Crippen LogP) is 3.85. The largest absolute Gasteiger partial charge is 0.466 e. The summed E-state index contributed by atoms with van der Waals surface area (Å²) in [6, 6.07) is 3.20. The highest BCUT2D eigenvalue weighted by atomic mass is 35.5. The number of thiazole rings is 1. The molecule has 1 amide bonds. The van der Waals surface area contributed by atoms with Crippen LogP contribution < -0.4 is 10.6 Å². The normalized spacial score (nSPS) is 22.6. The molecular formula is C27H33ClFN5O4S. The number of carbonyl (C=O) groups excluding carboxylic acids is 2. The van der Waals surface area contributed by atoms with Gasteiger partial charge in [-0.25, -0.2) is 14.2 Å². The number of nitrogens with zero attached hydrogens (tertiary/aromatic N) is 3. The molecule has 2 aliphatic rings. The van der Waals surface area contributed by atoms with Crippen LogP contribution in [0.1, 0.15) is 50.2 Å². The molecule has 0 aliphatic carbocycles. The predicted molar refractivity (Wildman–Crippen MR) is 148 cm³/mol. The Morgan fingerprint density at radius 2 is 2.18 bits per heavy atom. The van der Waals surface area contributed by atoms with Gasteiger partial charge in [0, 0.05) is 59.5 Å². The van der Waals surface area contributed by atoms with Gasteiger partial charge in [0.15, 0.2) is 10.8 Å². The number of benzene rings is 1. The standard InChI is InChI=1S/C27H33ClFN5O4S/c1-5-18(31-16(3)35)11-19-14-38-13-15(2)34(19)12-22-23(27(36)37-4)24(20-7-6-17(29)10-21(20)28)33-25(32-22)26-30-8-9-39-26/h6-10,15,18-19,24H,5,11-14H2,1-4H3,(H,31,35)(H,32,33)/t15?,18?,19?,24-/m0/s1. The summed E-state index contributed by atoms with van der Waals surface area (Å²) < 4.78 is 25.0. The monoisotopic (exact) mass is 577 g/mol. The van der Waals surface area contributed by atoms with Crippen LogP contribution >= 0.6 is 22.9 Å². The summed E-state index contributed by atoms with van der Waals surface area (Å²) in [6.45, 7) is 6.98. The topological polar surface area (TPSA) is 105 Å². The molecule has 39 heavy (non-hydrogen) atoms. The molecule has 0 saturated carbocycles. The third-order valence-electron chi connectivity index (χ3n) is 6.93.